The molecule has 19 heavy (non-hydrogen) atoms. The number of rotatable bonds is 5. The molecule has 0 fully saturated rings. The van der Waals surface area contributed by atoms with Crippen molar-refractivity contribution in [3.05, 3.63) is 29.3 Å². The number of thiocarbonyl (C=S) groups is 1. The van der Waals surface area contributed by atoms with Gasteiger partial charge in [0.05, 0.1) is 7.11 Å². The van der Waals surface area contributed by atoms with Crippen molar-refractivity contribution in [3.63, 3.8) is 0 Å². The predicted molar refractivity (Wildman–Crippen MR) is 81.6 cm³/mol. The van der Waals surface area contributed by atoms with Crippen molar-refractivity contribution in [2.75, 3.05) is 18.6 Å². The molecule has 0 aliphatic carbocycles. The summed E-state index contributed by atoms with van der Waals surface area (Å²) >= 11 is 5.08. The maximum absolute atomic E-state index is 11.5. The predicted octanol–water partition coefficient (Wildman–Crippen LogP) is 2.02. The Labute approximate surface area is 119 Å². The minimum atomic E-state index is -0.288. The van der Waals surface area contributed by atoms with Gasteiger partial charge in [-0.25, -0.2) is 0 Å². The van der Waals surface area contributed by atoms with Gasteiger partial charge in [-0.05, 0) is 38.5 Å². The highest BCUT2D eigenvalue weighted by molar-refractivity contribution is 7.80. The van der Waals surface area contributed by atoms with Crippen molar-refractivity contribution < 1.29 is 9.53 Å². The van der Waals surface area contributed by atoms with E-state index in [-0.39, 0.29) is 18.6 Å². The van der Waals surface area contributed by atoms with Gasteiger partial charge in [0, 0.05) is 17.3 Å². The summed E-state index contributed by atoms with van der Waals surface area (Å²) in [7, 11) is 1.38. The summed E-state index contributed by atoms with van der Waals surface area (Å²) < 4.78 is 4.74. The second-order valence-corrected chi connectivity index (χ2v) is 5.12. The molecule has 0 aliphatic rings. The van der Waals surface area contributed by atoms with Crippen LogP contribution in [0.15, 0.2) is 18.2 Å². The Kier molecular flexibility index (Phi) is 5.30. The van der Waals surface area contributed by atoms with Gasteiger partial charge in [0.15, 0.2) is 0 Å². The van der Waals surface area contributed by atoms with Gasteiger partial charge in [-0.3, -0.25) is 4.79 Å². The van der Waals surface area contributed by atoms with Crippen LogP contribution in [0, 0.1) is 6.92 Å². The first-order chi connectivity index (χ1) is 8.86. The molecule has 0 aromatic heterocycles. The van der Waals surface area contributed by atoms with Crippen molar-refractivity contribution in [3.8, 4) is 0 Å². The smallest absolute Gasteiger partial charge is 0.325 e. The molecular formula is C14H20N2O2S. The largest absolute Gasteiger partial charge is 0.468 e. The van der Waals surface area contributed by atoms with Crippen LogP contribution in [0.5, 0.6) is 0 Å². The molecule has 4 nitrogen and oxygen atoms in total. The quantitative estimate of drug-likeness (QED) is 0.660. The van der Waals surface area contributed by atoms with E-state index >= 15 is 0 Å². The summed E-state index contributed by atoms with van der Waals surface area (Å²) in [4.78, 5) is 13.8. The molecule has 1 aromatic carbocycles. The minimum Gasteiger partial charge on any atom is -0.468 e. The van der Waals surface area contributed by atoms with Crippen LogP contribution in [-0.2, 0) is 9.53 Å². The molecule has 5 heteroatoms. The van der Waals surface area contributed by atoms with Crippen LogP contribution in [-0.4, -0.2) is 30.7 Å². The van der Waals surface area contributed by atoms with Gasteiger partial charge >= 0.3 is 5.97 Å². The fraction of sp³-hybridized carbons (Fsp3) is 0.429. The summed E-state index contributed by atoms with van der Waals surface area (Å²) in [6.07, 6.45) is 0. The topological polar surface area (TPSA) is 55.6 Å². The number of hydrogen-bond acceptors (Lipinski definition) is 4. The lowest BCUT2D eigenvalue weighted by Crippen LogP contribution is -2.37. The molecule has 0 unspecified atom stereocenters. The van der Waals surface area contributed by atoms with E-state index in [0.717, 1.165) is 16.8 Å². The van der Waals surface area contributed by atoms with Gasteiger partial charge in [0.1, 0.15) is 11.5 Å². The Bertz CT molecular complexity index is 486. The van der Waals surface area contributed by atoms with Gasteiger partial charge in [-0.15, -0.1) is 0 Å². The maximum Gasteiger partial charge on any atom is 0.325 e. The Morgan fingerprint density at radius 1 is 1.47 bits per heavy atom. The number of ether oxygens (including phenoxy) is 1. The third-order valence-electron chi connectivity index (χ3n) is 2.88. The first-order valence-corrected chi connectivity index (χ1v) is 6.51. The number of anilines is 1. The molecule has 0 bridgehead atoms. The number of nitrogens with two attached hydrogens (primary N) is 1. The van der Waals surface area contributed by atoms with E-state index in [1.807, 2.05) is 43.9 Å². The number of methoxy groups -OCH3 is 1. The summed E-state index contributed by atoms with van der Waals surface area (Å²) in [5, 5.41) is 0. The third-order valence-corrected chi connectivity index (χ3v) is 3.10. The molecule has 1 aromatic rings. The number of esters is 1. The van der Waals surface area contributed by atoms with Gasteiger partial charge in [0.25, 0.3) is 0 Å². The van der Waals surface area contributed by atoms with E-state index in [2.05, 4.69) is 0 Å². The third kappa shape index (κ3) is 3.92. The summed E-state index contributed by atoms with van der Waals surface area (Å²) in [5.41, 5.74) is 8.49. The molecule has 0 aliphatic heterocycles. The van der Waals surface area contributed by atoms with Crippen LogP contribution in [0.25, 0.3) is 0 Å². The zero-order valence-electron chi connectivity index (χ0n) is 11.8. The van der Waals surface area contributed by atoms with E-state index in [0.29, 0.717) is 4.99 Å². The van der Waals surface area contributed by atoms with Crippen molar-refractivity contribution in [2.24, 2.45) is 5.73 Å². The summed E-state index contributed by atoms with van der Waals surface area (Å²) in [6, 6.07) is 5.96. The van der Waals surface area contributed by atoms with Crippen LogP contribution in [0.3, 0.4) is 0 Å². The van der Waals surface area contributed by atoms with Crippen LogP contribution in [0.2, 0.25) is 0 Å². The Balaban J connectivity index is 3.24. The molecule has 0 spiro atoms. The SMILES string of the molecule is COC(=O)CN(c1cc(C)ccc1C(N)=S)C(C)C. The van der Waals surface area contributed by atoms with Crippen molar-refractivity contribution in [1.29, 1.82) is 0 Å². The number of carbonyl (C=O) groups excluding carboxylic acids is 1. The van der Waals surface area contributed by atoms with Gasteiger partial charge in [0.2, 0.25) is 0 Å². The normalized spacial score (nSPS) is 10.4. The minimum absolute atomic E-state index is 0.133. The number of hydrogen-bond donors (Lipinski definition) is 1. The number of nitrogens with zero attached hydrogens (tertiary/aromatic N) is 1. The van der Waals surface area contributed by atoms with E-state index in [9.17, 15) is 4.79 Å². The van der Waals surface area contributed by atoms with Crippen molar-refractivity contribution in [2.45, 2.75) is 26.8 Å². The molecule has 0 atom stereocenters. The lowest BCUT2D eigenvalue weighted by Gasteiger charge is -2.30. The lowest BCUT2D eigenvalue weighted by atomic mass is 10.1. The first kappa shape index (κ1) is 15.4. The molecule has 1 rings (SSSR count). The average molecular weight is 280 g/mol. The number of benzene rings is 1. The second-order valence-electron chi connectivity index (χ2n) is 4.68. The average Bonchev–Trinajstić information content (AvgIpc) is 2.34. The Morgan fingerprint density at radius 3 is 2.58 bits per heavy atom. The highest BCUT2D eigenvalue weighted by Gasteiger charge is 2.19. The summed E-state index contributed by atoms with van der Waals surface area (Å²) in [5.74, 6) is -0.288. The first-order valence-electron chi connectivity index (χ1n) is 6.10. The number of aryl methyl sites for hydroxylation is 1. The molecular weight excluding hydrogens is 260 g/mol. The molecule has 104 valence electrons. The van der Waals surface area contributed by atoms with Crippen molar-refractivity contribution >= 4 is 28.9 Å². The maximum atomic E-state index is 11.5. The number of carbonyl (C=O) groups is 1. The highest BCUT2D eigenvalue weighted by Crippen LogP contribution is 2.24. The van der Waals surface area contributed by atoms with E-state index < -0.39 is 0 Å². The van der Waals surface area contributed by atoms with Crippen LogP contribution in [0.4, 0.5) is 5.69 Å². The fourth-order valence-corrected chi connectivity index (χ4v) is 2.01. The fourth-order valence-electron chi connectivity index (χ4n) is 1.84. The Morgan fingerprint density at radius 2 is 2.11 bits per heavy atom. The van der Waals surface area contributed by atoms with Crippen LogP contribution < -0.4 is 10.6 Å². The molecule has 0 radical (unpaired) electrons. The molecule has 0 saturated heterocycles. The zero-order valence-corrected chi connectivity index (χ0v) is 12.6. The van der Waals surface area contributed by atoms with Crippen LogP contribution in [0.1, 0.15) is 25.0 Å². The Hall–Kier alpha value is -1.62. The van der Waals surface area contributed by atoms with Gasteiger partial charge in [-0.1, -0.05) is 18.3 Å². The van der Waals surface area contributed by atoms with E-state index in [4.69, 9.17) is 22.7 Å². The summed E-state index contributed by atoms with van der Waals surface area (Å²) in [6.45, 7) is 6.18. The lowest BCUT2D eigenvalue weighted by molar-refractivity contribution is -0.139. The molecule has 0 heterocycles. The van der Waals surface area contributed by atoms with Gasteiger partial charge in [-0.2, -0.15) is 0 Å². The van der Waals surface area contributed by atoms with E-state index in [1.54, 1.807) is 0 Å². The molecule has 2 N–H and O–H groups in total. The monoisotopic (exact) mass is 280 g/mol. The highest BCUT2D eigenvalue weighted by atomic mass is 32.1. The van der Waals surface area contributed by atoms with Crippen molar-refractivity contribution in [1.82, 2.24) is 0 Å². The van der Waals surface area contributed by atoms with E-state index in [1.165, 1.54) is 7.11 Å². The molecule has 0 amide bonds. The van der Waals surface area contributed by atoms with Crippen LogP contribution >= 0.6 is 12.2 Å². The second kappa shape index (κ2) is 6.52. The standard InChI is InChI=1S/C14H20N2O2S/c1-9(2)16(8-13(17)18-4)12-7-10(3)5-6-11(12)14(15)19/h5-7,9H,8H2,1-4H3,(H2,15,19). The zero-order chi connectivity index (χ0) is 14.6. The van der Waals surface area contributed by atoms with Gasteiger partial charge < -0.3 is 15.4 Å². The molecule has 0 saturated carbocycles.